The zero-order valence-electron chi connectivity index (χ0n) is 17.6. The number of hydrogen-bond acceptors (Lipinski definition) is 5. The van der Waals surface area contributed by atoms with E-state index in [0.717, 1.165) is 10.0 Å². The van der Waals surface area contributed by atoms with E-state index in [1.54, 1.807) is 66.9 Å². The molecule has 5 rings (SSSR count). The third-order valence-corrected chi connectivity index (χ3v) is 5.50. The van der Waals surface area contributed by atoms with E-state index in [-0.39, 0.29) is 5.82 Å². The number of ether oxygens (including phenoxy) is 1. The number of carbonyl (C=O) groups is 1. The summed E-state index contributed by atoms with van der Waals surface area (Å²) < 4.78 is 25.5. The lowest BCUT2D eigenvalue weighted by molar-refractivity contribution is 0.0734. The minimum atomic E-state index is -0.424. The Morgan fingerprint density at radius 1 is 0.971 bits per heavy atom. The van der Waals surface area contributed by atoms with E-state index in [4.69, 9.17) is 9.15 Å². The molecule has 0 amide bonds. The highest BCUT2D eigenvalue weighted by Crippen LogP contribution is 2.27. The highest BCUT2D eigenvalue weighted by Gasteiger charge is 2.10. The van der Waals surface area contributed by atoms with Crippen molar-refractivity contribution in [3.63, 3.8) is 0 Å². The molecule has 0 aliphatic rings. The molecule has 0 spiro atoms. The molecular formula is C27H16BrFN2O3. The normalized spacial score (nSPS) is 11.2. The lowest BCUT2D eigenvalue weighted by atomic mass is 10.2. The van der Waals surface area contributed by atoms with Crippen LogP contribution in [0, 0.1) is 5.82 Å². The minimum absolute atomic E-state index is 0.348. The van der Waals surface area contributed by atoms with Crippen molar-refractivity contribution in [3.05, 3.63) is 112 Å². The van der Waals surface area contributed by atoms with Crippen molar-refractivity contribution >= 4 is 44.9 Å². The average molecular weight is 515 g/mol. The van der Waals surface area contributed by atoms with E-state index in [2.05, 4.69) is 25.9 Å². The Bertz CT molecular complexity index is 1510. The SMILES string of the molecule is O=C(Oc1ccc(C=Nc2ccc3oc(-c4cccc(F)c4)nc3c2)cc1)c1ccc(Br)cc1. The number of benzene rings is 4. The Balaban J connectivity index is 1.28. The van der Waals surface area contributed by atoms with Crippen LogP contribution in [-0.4, -0.2) is 17.2 Å². The first kappa shape index (κ1) is 21.7. The maximum atomic E-state index is 13.5. The molecule has 0 unspecified atom stereocenters. The zero-order chi connectivity index (χ0) is 23.5. The van der Waals surface area contributed by atoms with Gasteiger partial charge in [-0.2, -0.15) is 0 Å². The van der Waals surface area contributed by atoms with Crippen LogP contribution in [-0.2, 0) is 0 Å². The Kier molecular flexibility index (Phi) is 6.01. The molecule has 7 heteroatoms. The molecule has 0 aliphatic carbocycles. The van der Waals surface area contributed by atoms with Gasteiger partial charge in [-0.3, -0.25) is 4.99 Å². The molecule has 0 atom stereocenters. The van der Waals surface area contributed by atoms with Crippen molar-refractivity contribution in [1.82, 2.24) is 4.98 Å². The van der Waals surface area contributed by atoms with Crippen molar-refractivity contribution < 1.29 is 18.3 Å². The van der Waals surface area contributed by atoms with Gasteiger partial charge in [0.15, 0.2) is 5.58 Å². The number of aliphatic imine (C=N–C) groups is 1. The zero-order valence-corrected chi connectivity index (χ0v) is 19.2. The Morgan fingerprint density at radius 2 is 1.76 bits per heavy atom. The van der Waals surface area contributed by atoms with Crippen LogP contribution >= 0.6 is 15.9 Å². The molecule has 5 nitrogen and oxygen atoms in total. The van der Waals surface area contributed by atoms with Crippen LogP contribution < -0.4 is 4.74 Å². The second-order valence-electron chi connectivity index (χ2n) is 7.41. The lowest BCUT2D eigenvalue weighted by Crippen LogP contribution is -2.08. The number of rotatable bonds is 5. The molecule has 0 saturated heterocycles. The summed E-state index contributed by atoms with van der Waals surface area (Å²) in [6.07, 6.45) is 1.70. The van der Waals surface area contributed by atoms with Gasteiger partial charge in [0.05, 0.1) is 11.3 Å². The van der Waals surface area contributed by atoms with E-state index in [0.29, 0.717) is 39.6 Å². The molecule has 0 N–H and O–H groups in total. The van der Waals surface area contributed by atoms with Crippen molar-refractivity contribution in [1.29, 1.82) is 0 Å². The lowest BCUT2D eigenvalue weighted by Gasteiger charge is -2.04. The molecule has 1 aromatic heterocycles. The van der Waals surface area contributed by atoms with Gasteiger partial charge in [-0.25, -0.2) is 14.2 Å². The number of carbonyl (C=O) groups excluding carboxylic acids is 1. The number of halogens is 2. The van der Waals surface area contributed by atoms with Crippen LogP contribution in [0.3, 0.4) is 0 Å². The van der Waals surface area contributed by atoms with Crippen LogP contribution in [0.1, 0.15) is 15.9 Å². The third-order valence-electron chi connectivity index (χ3n) is 4.98. The molecule has 166 valence electrons. The third kappa shape index (κ3) is 4.94. The highest BCUT2D eigenvalue weighted by molar-refractivity contribution is 9.10. The second kappa shape index (κ2) is 9.41. The van der Waals surface area contributed by atoms with Crippen molar-refractivity contribution in [2.24, 2.45) is 4.99 Å². The van der Waals surface area contributed by atoms with Gasteiger partial charge in [-0.1, -0.05) is 22.0 Å². The molecular weight excluding hydrogens is 499 g/mol. The van der Waals surface area contributed by atoms with Crippen molar-refractivity contribution in [2.45, 2.75) is 0 Å². The summed E-state index contributed by atoms with van der Waals surface area (Å²) in [7, 11) is 0. The molecule has 0 aliphatic heterocycles. The van der Waals surface area contributed by atoms with Crippen LogP contribution in [0.25, 0.3) is 22.6 Å². The maximum absolute atomic E-state index is 13.5. The van der Waals surface area contributed by atoms with Gasteiger partial charge in [-0.05, 0) is 90.5 Å². The fourth-order valence-corrected chi connectivity index (χ4v) is 3.53. The molecule has 0 radical (unpaired) electrons. The maximum Gasteiger partial charge on any atom is 0.343 e. The smallest absolute Gasteiger partial charge is 0.343 e. The Labute approximate surface area is 202 Å². The van der Waals surface area contributed by atoms with Gasteiger partial charge >= 0.3 is 5.97 Å². The highest BCUT2D eigenvalue weighted by atomic mass is 79.9. The molecule has 34 heavy (non-hydrogen) atoms. The summed E-state index contributed by atoms with van der Waals surface area (Å²) in [6, 6.07) is 25.5. The van der Waals surface area contributed by atoms with Gasteiger partial charge in [0.25, 0.3) is 0 Å². The summed E-state index contributed by atoms with van der Waals surface area (Å²) in [4.78, 5) is 21.2. The monoisotopic (exact) mass is 514 g/mol. The standard InChI is InChI=1S/C27H16BrFN2O3/c28-20-8-6-18(7-9-20)27(32)33-23-11-4-17(5-12-23)16-30-22-10-13-25-24(15-22)31-26(34-25)19-2-1-3-21(29)14-19/h1-16H. The van der Waals surface area contributed by atoms with E-state index < -0.39 is 5.97 Å². The number of hydrogen-bond donors (Lipinski definition) is 0. The first-order chi connectivity index (χ1) is 16.5. The Morgan fingerprint density at radius 3 is 2.53 bits per heavy atom. The van der Waals surface area contributed by atoms with Gasteiger partial charge < -0.3 is 9.15 Å². The summed E-state index contributed by atoms with van der Waals surface area (Å²) in [6.45, 7) is 0. The van der Waals surface area contributed by atoms with Gasteiger partial charge in [0.2, 0.25) is 5.89 Å². The quantitative estimate of drug-likeness (QED) is 0.139. The minimum Gasteiger partial charge on any atom is -0.436 e. The predicted octanol–water partition coefficient (Wildman–Crippen LogP) is 7.37. The number of nitrogens with zero attached hydrogens (tertiary/aromatic N) is 2. The molecule has 4 aromatic carbocycles. The second-order valence-corrected chi connectivity index (χ2v) is 8.32. The number of esters is 1. The van der Waals surface area contributed by atoms with E-state index in [1.807, 2.05) is 18.2 Å². The van der Waals surface area contributed by atoms with Crippen LogP contribution in [0.5, 0.6) is 5.75 Å². The number of aromatic nitrogens is 1. The van der Waals surface area contributed by atoms with Crippen molar-refractivity contribution in [3.8, 4) is 17.2 Å². The molecule has 5 aromatic rings. The van der Waals surface area contributed by atoms with E-state index in [1.165, 1.54) is 12.1 Å². The fourth-order valence-electron chi connectivity index (χ4n) is 3.26. The summed E-state index contributed by atoms with van der Waals surface area (Å²) in [5.41, 5.74) is 3.79. The van der Waals surface area contributed by atoms with Crippen molar-refractivity contribution in [2.75, 3.05) is 0 Å². The largest absolute Gasteiger partial charge is 0.436 e. The summed E-state index contributed by atoms with van der Waals surface area (Å²) in [5.74, 6) is 0.0226. The topological polar surface area (TPSA) is 64.7 Å². The molecule has 1 heterocycles. The van der Waals surface area contributed by atoms with Crippen LogP contribution in [0.15, 0.2) is 105 Å². The van der Waals surface area contributed by atoms with E-state index in [9.17, 15) is 9.18 Å². The van der Waals surface area contributed by atoms with E-state index >= 15 is 0 Å². The first-order valence-electron chi connectivity index (χ1n) is 10.3. The summed E-state index contributed by atoms with van der Waals surface area (Å²) in [5, 5.41) is 0. The summed E-state index contributed by atoms with van der Waals surface area (Å²) >= 11 is 3.34. The molecule has 0 bridgehead atoms. The van der Waals surface area contributed by atoms with Gasteiger partial charge in [-0.15, -0.1) is 0 Å². The first-order valence-corrected chi connectivity index (χ1v) is 11.1. The van der Waals surface area contributed by atoms with Gasteiger partial charge in [0.1, 0.15) is 17.1 Å². The molecule has 0 saturated carbocycles. The predicted molar refractivity (Wildman–Crippen MR) is 132 cm³/mol. The average Bonchev–Trinajstić information content (AvgIpc) is 3.28. The number of fused-ring (bicyclic) bond motifs is 1. The Hall–Kier alpha value is -4.10. The number of oxazole rings is 1. The molecule has 0 fully saturated rings. The van der Waals surface area contributed by atoms with Crippen LogP contribution in [0.2, 0.25) is 0 Å². The fraction of sp³-hybridized carbons (Fsp3) is 0. The van der Waals surface area contributed by atoms with Gasteiger partial charge in [0, 0.05) is 16.3 Å². The van der Waals surface area contributed by atoms with Crippen LogP contribution in [0.4, 0.5) is 10.1 Å².